The van der Waals surface area contributed by atoms with Crippen molar-refractivity contribution >= 4 is 11.6 Å². The van der Waals surface area contributed by atoms with Crippen molar-refractivity contribution in [2.24, 2.45) is 11.1 Å². The van der Waals surface area contributed by atoms with Crippen molar-refractivity contribution in [1.82, 2.24) is 0 Å². The fourth-order valence-corrected chi connectivity index (χ4v) is 2.74. The molecule has 2 rings (SSSR count). The van der Waals surface area contributed by atoms with Crippen molar-refractivity contribution in [3.63, 3.8) is 0 Å². The van der Waals surface area contributed by atoms with Crippen molar-refractivity contribution in [2.45, 2.75) is 46.1 Å². The molecule has 1 amide bonds. The van der Waals surface area contributed by atoms with Crippen LogP contribution in [-0.4, -0.2) is 11.9 Å². The summed E-state index contributed by atoms with van der Waals surface area (Å²) < 4.78 is 0. The zero-order chi connectivity index (χ0) is 13.3. The summed E-state index contributed by atoms with van der Waals surface area (Å²) in [6.07, 6.45) is 2.86. The van der Waals surface area contributed by atoms with Crippen LogP contribution >= 0.6 is 0 Å². The Morgan fingerprint density at radius 2 is 2.00 bits per heavy atom. The Kier molecular flexibility index (Phi) is 3.44. The van der Waals surface area contributed by atoms with Gasteiger partial charge in [-0.3, -0.25) is 4.79 Å². The van der Waals surface area contributed by atoms with Gasteiger partial charge in [0.2, 0.25) is 5.91 Å². The molecule has 18 heavy (non-hydrogen) atoms. The van der Waals surface area contributed by atoms with E-state index in [4.69, 9.17) is 5.73 Å². The number of benzene rings is 1. The van der Waals surface area contributed by atoms with Crippen molar-refractivity contribution in [2.75, 3.05) is 5.32 Å². The molecule has 3 heteroatoms. The predicted octanol–water partition coefficient (Wildman–Crippen LogP) is 2.76. The number of aryl methyl sites for hydroxylation is 2. The molecule has 0 radical (unpaired) electrons. The van der Waals surface area contributed by atoms with Crippen LogP contribution in [0.3, 0.4) is 0 Å². The number of para-hydroxylation sites is 1. The lowest BCUT2D eigenvalue weighted by molar-refractivity contribution is -0.125. The third-order valence-corrected chi connectivity index (χ3v) is 4.27. The first-order valence-corrected chi connectivity index (χ1v) is 6.58. The van der Waals surface area contributed by atoms with Gasteiger partial charge in [0.05, 0.1) is 5.41 Å². The number of carbonyl (C=O) groups excluding carboxylic acids is 1. The van der Waals surface area contributed by atoms with E-state index in [0.717, 1.165) is 36.1 Å². The quantitative estimate of drug-likeness (QED) is 0.843. The highest BCUT2D eigenvalue weighted by Gasteiger charge is 2.43. The normalized spacial score (nSPS) is 27.2. The number of hydrogen-bond donors (Lipinski definition) is 2. The van der Waals surface area contributed by atoms with Gasteiger partial charge in [-0.05, 0) is 44.7 Å². The van der Waals surface area contributed by atoms with Gasteiger partial charge in [-0.25, -0.2) is 0 Å². The third kappa shape index (κ3) is 2.15. The molecule has 3 nitrogen and oxygen atoms in total. The molecule has 98 valence electrons. The van der Waals surface area contributed by atoms with Crippen molar-refractivity contribution < 1.29 is 4.79 Å². The highest BCUT2D eigenvalue weighted by atomic mass is 16.2. The zero-order valence-corrected chi connectivity index (χ0v) is 11.4. The molecule has 1 saturated carbocycles. The summed E-state index contributed by atoms with van der Waals surface area (Å²) in [5.74, 6) is 0.0601. The van der Waals surface area contributed by atoms with E-state index in [0.29, 0.717) is 0 Å². The second-order valence-corrected chi connectivity index (χ2v) is 5.64. The van der Waals surface area contributed by atoms with Crippen LogP contribution in [0.4, 0.5) is 5.69 Å². The molecule has 0 spiro atoms. The second kappa shape index (κ2) is 4.73. The third-order valence-electron chi connectivity index (χ3n) is 4.27. The topological polar surface area (TPSA) is 55.1 Å². The Hall–Kier alpha value is -1.35. The van der Waals surface area contributed by atoms with Crippen LogP contribution in [0.25, 0.3) is 0 Å². The van der Waals surface area contributed by atoms with Gasteiger partial charge >= 0.3 is 0 Å². The van der Waals surface area contributed by atoms with Gasteiger partial charge < -0.3 is 11.1 Å². The van der Waals surface area contributed by atoms with Gasteiger partial charge in [-0.1, -0.05) is 24.6 Å². The van der Waals surface area contributed by atoms with Gasteiger partial charge in [0.1, 0.15) is 0 Å². The minimum atomic E-state index is -0.422. The van der Waals surface area contributed by atoms with Gasteiger partial charge in [0.25, 0.3) is 0 Å². The van der Waals surface area contributed by atoms with Crippen molar-refractivity contribution in [3.8, 4) is 0 Å². The molecule has 1 aliphatic carbocycles. The molecule has 0 heterocycles. The molecule has 1 fully saturated rings. The summed E-state index contributed by atoms with van der Waals surface area (Å²) in [6, 6.07) is 6.00. The lowest BCUT2D eigenvalue weighted by Gasteiger charge is -2.28. The monoisotopic (exact) mass is 246 g/mol. The Bertz CT molecular complexity index is 449. The number of amides is 1. The van der Waals surface area contributed by atoms with E-state index in [1.807, 2.05) is 39.0 Å². The molecular weight excluding hydrogens is 224 g/mol. The smallest absolute Gasteiger partial charge is 0.231 e. The van der Waals surface area contributed by atoms with Crippen LogP contribution in [0.15, 0.2) is 18.2 Å². The Morgan fingerprint density at radius 1 is 1.39 bits per heavy atom. The van der Waals surface area contributed by atoms with Crippen molar-refractivity contribution in [3.05, 3.63) is 29.3 Å². The molecule has 2 atom stereocenters. The molecule has 0 aromatic heterocycles. The number of hydrogen-bond acceptors (Lipinski definition) is 2. The summed E-state index contributed by atoms with van der Waals surface area (Å²) in [6.45, 7) is 6.01. The van der Waals surface area contributed by atoms with Gasteiger partial charge in [0, 0.05) is 11.7 Å². The molecule has 3 N–H and O–H groups in total. The van der Waals surface area contributed by atoms with E-state index in [-0.39, 0.29) is 11.9 Å². The SMILES string of the molecule is Cc1cccc(C)c1NC(=O)C1(C)CCCC1N. The lowest BCUT2D eigenvalue weighted by Crippen LogP contribution is -2.44. The Balaban J connectivity index is 2.22. The van der Waals surface area contributed by atoms with E-state index in [1.54, 1.807) is 0 Å². The number of anilines is 1. The molecule has 1 aliphatic rings. The fraction of sp³-hybridized carbons (Fsp3) is 0.533. The Morgan fingerprint density at radius 3 is 2.50 bits per heavy atom. The summed E-state index contributed by atoms with van der Waals surface area (Å²) in [7, 11) is 0. The first kappa shape index (κ1) is 13.1. The molecule has 1 aromatic carbocycles. The highest BCUT2D eigenvalue weighted by Crippen LogP contribution is 2.38. The van der Waals surface area contributed by atoms with E-state index in [1.165, 1.54) is 0 Å². The van der Waals surface area contributed by atoms with E-state index < -0.39 is 5.41 Å². The number of nitrogens with one attached hydrogen (secondary N) is 1. The number of rotatable bonds is 2. The molecule has 0 aliphatic heterocycles. The van der Waals surface area contributed by atoms with Gasteiger partial charge in [-0.2, -0.15) is 0 Å². The average molecular weight is 246 g/mol. The van der Waals surface area contributed by atoms with E-state index >= 15 is 0 Å². The maximum Gasteiger partial charge on any atom is 0.231 e. The molecule has 0 saturated heterocycles. The zero-order valence-electron chi connectivity index (χ0n) is 11.4. The predicted molar refractivity (Wildman–Crippen MR) is 74.5 cm³/mol. The number of carbonyl (C=O) groups is 1. The van der Waals surface area contributed by atoms with Crippen molar-refractivity contribution in [1.29, 1.82) is 0 Å². The standard InChI is InChI=1S/C15H22N2O/c1-10-6-4-7-11(2)13(10)17-14(18)15(3)9-5-8-12(15)16/h4,6-7,12H,5,8-9,16H2,1-3H3,(H,17,18). The molecule has 0 bridgehead atoms. The van der Waals surface area contributed by atoms with Gasteiger partial charge in [-0.15, -0.1) is 0 Å². The Labute approximate surface area is 109 Å². The van der Waals surface area contributed by atoms with Crippen LogP contribution in [0, 0.1) is 19.3 Å². The maximum atomic E-state index is 12.5. The highest BCUT2D eigenvalue weighted by molar-refractivity contribution is 5.97. The van der Waals surface area contributed by atoms with Gasteiger partial charge in [0.15, 0.2) is 0 Å². The average Bonchev–Trinajstić information content (AvgIpc) is 2.66. The second-order valence-electron chi connectivity index (χ2n) is 5.64. The summed E-state index contributed by atoms with van der Waals surface area (Å²) in [5, 5.41) is 3.07. The fourth-order valence-electron chi connectivity index (χ4n) is 2.74. The minimum absolute atomic E-state index is 0.0261. The van der Waals surface area contributed by atoms with Crippen LogP contribution < -0.4 is 11.1 Å². The molecular formula is C15H22N2O. The summed E-state index contributed by atoms with van der Waals surface area (Å²) in [4.78, 5) is 12.5. The molecule has 1 aromatic rings. The summed E-state index contributed by atoms with van der Waals surface area (Å²) >= 11 is 0. The van der Waals surface area contributed by atoms with Crippen LogP contribution in [0.5, 0.6) is 0 Å². The first-order chi connectivity index (χ1) is 8.45. The van der Waals surface area contributed by atoms with E-state index in [9.17, 15) is 4.79 Å². The number of nitrogens with two attached hydrogens (primary N) is 1. The molecule has 2 unspecified atom stereocenters. The summed E-state index contributed by atoms with van der Waals surface area (Å²) in [5.41, 5.74) is 8.79. The van der Waals surface area contributed by atoms with Crippen LogP contribution in [-0.2, 0) is 4.79 Å². The lowest BCUT2D eigenvalue weighted by atomic mass is 9.84. The van der Waals surface area contributed by atoms with Crippen LogP contribution in [0.1, 0.15) is 37.3 Å². The first-order valence-electron chi connectivity index (χ1n) is 6.58. The maximum absolute atomic E-state index is 12.5. The largest absolute Gasteiger partial charge is 0.327 e. The minimum Gasteiger partial charge on any atom is -0.327 e. The van der Waals surface area contributed by atoms with Crippen LogP contribution in [0.2, 0.25) is 0 Å². The van der Waals surface area contributed by atoms with E-state index in [2.05, 4.69) is 5.32 Å².